The monoisotopic (exact) mass is 479 g/mol. The maximum absolute atomic E-state index is 11.0. The number of unbranched alkanes of at least 4 members (excludes halogenated alkanes) is 8. The van der Waals surface area contributed by atoms with Gasteiger partial charge in [-0.15, -0.1) is 0 Å². The molecule has 7 N–H and O–H groups in total. The lowest BCUT2D eigenvalue weighted by molar-refractivity contribution is -0.158. The Morgan fingerprint density at radius 3 is 2.21 bits per heavy atom. The number of piperidine rings is 1. The van der Waals surface area contributed by atoms with Crippen molar-refractivity contribution in [1.29, 1.82) is 0 Å². The molecule has 0 aliphatic carbocycles. The van der Waals surface area contributed by atoms with Gasteiger partial charge in [0.1, 0.15) is 24.9 Å². The van der Waals surface area contributed by atoms with E-state index in [0.29, 0.717) is 24.0 Å². The van der Waals surface area contributed by atoms with Crippen molar-refractivity contribution in [3.8, 4) is 0 Å². The van der Waals surface area contributed by atoms with E-state index in [2.05, 4.69) is 10.6 Å². The topological polar surface area (TPSA) is 146 Å². The number of benzene rings is 1. The van der Waals surface area contributed by atoms with Crippen LogP contribution in [0.1, 0.15) is 101 Å². The summed E-state index contributed by atoms with van der Waals surface area (Å²) < 4.78 is 0. The number of aliphatic hydroxyl groups excluding tert-OH is 4. The standard InChI is InChI=1S/C25H41N3O6/c29-20-15-14-19(23(32)27-20)28-24(33)17-11-10-12-18(22(17)25(28)34)26-16-9-7-5-3-1-2-4-6-8-13-21(30)31/h10-12,19-20,23-27,29,32-34H,1-9,13-16H2,(H,30,31). The maximum Gasteiger partial charge on any atom is 0.303 e. The predicted molar refractivity (Wildman–Crippen MR) is 129 cm³/mol. The van der Waals surface area contributed by atoms with Gasteiger partial charge in [-0.25, -0.2) is 4.90 Å². The Kier molecular flexibility index (Phi) is 10.6. The summed E-state index contributed by atoms with van der Waals surface area (Å²) in [5, 5.41) is 56.7. The zero-order chi connectivity index (χ0) is 24.5. The minimum Gasteiger partial charge on any atom is -0.481 e. The number of fused-ring (bicyclic) bond motifs is 1. The van der Waals surface area contributed by atoms with Gasteiger partial charge in [-0.1, -0.05) is 57.1 Å². The molecular weight excluding hydrogens is 438 g/mol. The van der Waals surface area contributed by atoms with Crippen molar-refractivity contribution >= 4 is 11.7 Å². The summed E-state index contributed by atoms with van der Waals surface area (Å²) in [6.07, 6.45) is 6.97. The predicted octanol–water partition coefficient (Wildman–Crippen LogP) is 2.77. The van der Waals surface area contributed by atoms with Crippen molar-refractivity contribution in [3.63, 3.8) is 0 Å². The summed E-state index contributed by atoms with van der Waals surface area (Å²) in [4.78, 5) is 12.0. The Labute approximate surface area is 201 Å². The van der Waals surface area contributed by atoms with Crippen LogP contribution in [0.15, 0.2) is 18.2 Å². The first-order valence-corrected chi connectivity index (χ1v) is 12.7. The van der Waals surface area contributed by atoms with Crippen molar-refractivity contribution in [3.05, 3.63) is 29.3 Å². The average Bonchev–Trinajstić information content (AvgIpc) is 3.05. The van der Waals surface area contributed by atoms with Crippen LogP contribution < -0.4 is 10.6 Å². The van der Waals surface area contributed by atoms with Gasteiger partial charge in [0.15, 0.2) is 0 Å². The van der Waals surface area contributed by atoms with E-state index in [9.17, 15) is 25.2 Å². The molecule has 2 aliphatic rings. The third-order valence-corrected chi connectivity index (χ3v) is 6.97. The highest BCUT2D eigenvalue weighted by Crippen LogP contribution is 2.45. The summed E-state index contributed by atoms with van der Waals surface area (Å²) >= 11 is 0. The maximum atomic E-state index is 11.0. The number of carbonyl (C=O) groups is 1. The molecule has 2 aliphatic heterocycles. The zero-order valence-corrected chi connectivity index (χ0v) is 19.9. The third kappa shape index (κ3) is 7.13. The van der Waals surface area contributed by atoms with Crippen molar-refractivity contribution in [2.75, 3.05) is 11.9 Å². The third-order valence-electron chi connectivity index (χ3n) is 6.97. The number of carboxylic acids is 1. The molecule has 0 aromatic heterocycles. The number of aliphatic carboxylic acids is 1. The van der Waals surface area contributed by atoms with Crippen molar-refractivity contribution in [1.82, 2.24) is 10.2 Å². The first-order chi connectivity index (χ1) is 16.4. The summed E-state index contributed by atoms with van der Waals surface area (Å²) in [5.41, 5.74) is 2.08. The van der Waals surface area contributed by atoms with E-state index in [1.54, 1.807) is 6.07 Å². The SMILES string of the molecule is O=C(O)CCCCCCCCCCCNc1cccc2c1C(O)N(C1CCC(O)NC1O)C2O. The van der Waals surface area contributed by atoms with Crippen LogP contribution in [0.3, 0.4) is 0 Å². The Morgan fingerprint density at radius 2 is 1.56 bits per heavy atom. The average molecular weight is 480 g/mol. The van der Waals surface area contributed by atoms with Gasteiger partial charge in [0.2, 0.25) is 0 Å². The fourth-order valence-corrected chi connectivity index (χ4v) is 5.11. The lowest BCUT2D eigenvalue weighted by Crippen LogP contribution is -2.57. The molecule has 9 heteroatoms. The quantitative estimate of drug-likeness (QED) is 0.200. The largest absolute Gasteiger partial charge is 0.481 e. The number of nitrogens with zero attached hydrogens (tertiary/aromatic N) is 1. The molecule has 1 saturated heterocycles. The molecule has 5 unspecified atom stereocenters. The molecule has 0 bridgehead atoms. The highest BCUT2D eigenvalue weighted by molar-refractivity contribution is 5.66. The minimum absolute atomic E-state index is 0.273. The van der Waals surface area contributed by atoms with E-state index in [-0.39, 0.29) is 6.42 Å². The van der Waals surface area contributed by atoms with Crippen molar-refractivity contribution in [2.45, 2.75) is 108 Å². The molecule has 192 valence electrons. The summed E-state index contributed by atoms with van der Waals surface area (Å²) in [6, 6.07) is 5.05. The first kappa shape index (κ1) is 26.8. The molecule has 0 amide bonds. The second kappa shape index (κ2) is 13.4. The van der Waals surface area contributed by atoms with Crippen molar-refractivity contribution < 1.29 is 30.3 Å². The smallest absolute Gasteiger partial charge is 0.303 e. The Balaban J connectivity index is 1.38. The summed E-state index contributed by atoms with van der Waals surface area (Å²) in [7, 11) is 0. The van der Waals surface area contributed by atoms with Crippen LogP contribution >= 0.6 is 0 Å². The van der Waals surface area contributed by atoms with Gasteiger partial charge in [-0.2, -0.15) is 0 Å². The van der Waals surface area contributed by atoms with E-state index in [1.807, 2.05) is 12.1 Å². The fraction of sp³-hybridized carbons (Fsp3) is 0.720. The number of rotatable bonds is 14. The zero-order valence-electron chi connectivity index (χ0n) is 19.9. The van der Waals surface area contributed by atoms with Gasteiger partial charge in [-0.3, -0.25) is 10.1 Å². The molecule has 0 spiro atoms. The minimum atomic E-state index is -1.04. The molecule has 9 nitrogen and oxygen atoms in total. The lowest BCUT2D eigenvalue weighted by Gasteiger charge is -2.40. The molecule has 5 atom stereocenters. The number of hydrogen-bond acceptors (Lipinski definition) is 8. The van der Waals surface area contributed by atoms with E-state index in [0.717, 1.165) is 57.2 Å². The Hall–Kier alpha value is -1.75. The van der Waals surface area contributed by atoms with E-state index in [4.69, 9.17) is 5.11 Å². The Morgan fingerprint density at radius 1 is 0.912 bits per heavy atom. The van der Waals surface area contributed by atoms with Crippen LogP contribution in [0, 0.1) is 0 Å². The summed E-state index contributed by atoms with van der Waals surface area (Å²) in [5.74, 6) is -0.710. The van der Waals surface area contributed by atoms with Gasteiger partial charge in [0.25, 0.3) is 0 Å². The van der Waals surface area contributed by atoms with E-state index in [1.165, 1.54) is 17.7 Å². The molecule has 1 aromatic rings. The molecule has 3 rings (SSSR count). The highest BCUT2D eigenvalue weighted by atomic mass is 16.4. The van der Waals surface area contributed by atoms with Crippen LogP contribution in [0.4, 0.5) is 5.69 Å². The Bertz CT molecular complexity index is 779. The molecule has 0 saturated carbocycles. The number of anilines is 1. The molecule has 1 aromatic carbocycles. The normalized spacial score (nSPS) is 27.0. The number of carboxylic acid groups (broad SMARTS) is 1. The van der Waals surface area contributed by atoms with Crippen LogP contribution in [0.25, 0.3) is 0 Å². The lowest BCUT2D eigenvalue weighted by atomic mass is 10.0. The highest BCUT2D eigenvalue weighted by Gasteiger charge is 2.45. The van der Waals surface area contributed by atoms with E-state index < -0.39 is 36.9 Å². The van der Waals surface area contributed by atoms with Crippen LogP contribution in [0.2, 0.25) is 0 Å². The molecule has 1 fully saturated rings. The summed E-state index contributed by atoms with van der Waals surface area (Å²) in [6.45, 7) is 0.772. The first-order valence-electron chi connectivity index (χ1n) is 12.7. The molecule has 34 heavy (non-hydrogen) atoms. The number of hydrogen-bond donors (Lipinski definition) is 7. The van der Waals surface area contributed by atoms with Gasteiger partial charge >= 0.3 is 5.97 Å². The van der Waals surface area contributed by atoms with Gasteiger partial charge in [0.05, 0.1) is 6.04 Å². The number of aliphatic hydroxyl groups is 4. The second-order valence-electron chi connectivity index (χ2n) is 9.53. The molecule has 2 heterocycles. The second-order valence-corrected chi connectivity index (χ2v) is 9.53. The van der Waals surface area contributed by atoms with Crippen LogP contribution in [-0.2, 0) is 4.79 Å². The molecule has 0 radical (unpaired) electrons. The van der Waals surface area contributed by atoms with Crippen LogP contribution in [0.5, 0.6) is 0 Å². The van der Waals surface area contributed by atoms with Crippen molar-refractivity contribution in [2.24, 2.45) is 0 Å². The van der Waals surface area contributed by atoms with Gasteiger partial charge in [-0.05, 0) is 31.7 Å². The molecular formula is C25H41N3O6. The van der Waals surface area contributed by atoms with E-state index >= 15 is 0 Å². The fourth-order valence-electron chi connectivity index (χ4n) is 5.11. The number of nitrogens with one attached hydrogen (secondary N) is 2. The van der Waals surface area contributed by atoms with Gasteiger partial charge < -0.3 is 30.8 Å². The van der Waals surface area contributed by atoms with Crippen LogP contribution in [-0.4, -0.2) is 61.4 Å². The van der Waals surface area contributed by atoms with Gasteiger partial charge in [0, 0.05) is 29.8 Å².